The molecule has 1 amide bonds. The highest BCUT2D eigenvalue weighted by Crippen LogP contribution is 2.16. The van der Waals surface area contributed by atoms with Gasteiger partial charge in [-0.3, -0.25) is 4.57 Å². The van der Waals surface area contributed by atoms with Crippen molar-refractivity contribution in [2.45, 2.75) is 20.8 Å². The summed E-state index contributed by atoms with van der Waals surface area (Å²) < 4.78 is 6.12. The summed E-state index contributed by atoms with van der Waals surface area (Å²) in [6.45, 7) is 5.43. The van der Waals surface area contributed by atoms with E-state index in [9.17, 15) is 9.59 Å². The number of hydrogen-bond acceptors (Lipinski definition) is 3. The minimum absolute atomic E-state index is 0.305. The average molecular weight is 210 g/mol. The van der Waals surface area contributed by atoms with E-state index in [0.29, 0.717) is 23.4 Å². The van der Waals surface area contributed by atoms with Gasteiger partial charge in [-0.2, -0.15) is 0 Å². The van der Waals surface area contributed by atoms with Crippen molar-refractivity contribution in [2.75, 3.05) is 6.61 Å². The molecule has 0 spiro atoms. The van der Waals surface area contributed by atoms with E-state index in [1.165, 1.54) is 10.8 Å². The van der Waals surface area contributed by atoms with Crippen LogP contribution >= 0.6 is 0 Å². The van der Waals surface area contributed by atoms with Gasteiger partial charge in [-0.05, 0) is 26.3 Å². The molecule has 0 aliphatic heterocycles. The van der Waals surface area contributed by atoms with Gasteiger partial charge in [-0.25, -0.2) is 9.59 Å². The fourth-order valence-electron chi connectivity index (χ4n) is 1.50. The average Bonchev–Trinajstić information content (AvgIpc) is 2.42. The molecule has 0 aliphatic rings. The number of hydrogen-bond donors (Lipinski definition) is 1. The van der Waals surface area contributed by atoms with Crippen molar-refractivity contribution in [3.05, 3.63) is 23.0 Å². The topological polar surface area (TPSA) is 74.3 Å². The van der Waals surface area contributed by atoms with Crippen molar-refractivity contribution in [3.8, 4) is 0 Å². The number of rotatable bonds is 2. The van der Waals surface area contributed by atoms with Gasteiger partial charge >= 0.3 is 12.0 Å². The summed E-state index contributed by atoms with van der Waals surface area (Å²) in [7, 11) is 0. The van der Waals surface area contributed by atoms with Crippen LogP contribution in [0.5, 0.6) is 0 Å². The summed E-state index contributed by atoms with van der Waals surface area (Å²) >= 11 is 0. The summed E-state index contributed by atoms with van der Waals surface area (Å²) in [6, 6.07) is -0.605. The Labute approximate surface area is 87.8 Å². The number of aromatic nitrogens is 1. The van der Waals surface area contributed by atoms with E-state index in [4.69, 9.17) is 10.5 Å². The molecule has 5 heteroatoms. The van der Waals surface area contributed by atoms with Crippen LogP contribution in [0.1, 0.15) is 28.5 Å². The number of esters is 1. The predicted molar refractivity (Wildman–Crippen MR) is 54.8 cm³/mol. The molecule has 15 heavy (non-hydrogen) atoms. The van der Waals surface area contributed by atoms with E-state index in [-0.39, 0.29) is 0 Å². The van der Waals surface area contributed by atoms with Gasteiger partial charge in [-0.1, -0.05) is 0 Å². The van der Waals surface area contributed by atoms with Gasteiger partial charge in [0.15, 0.2) is 0 Å². The third-order valence-electron chi connectivity index (χ3n) is 2.16. The number of carbonyl (C=O) groups excluding carboxylic acids is 2. The Kier molecular flexibility index (Phi) is 3.14. The van der Waals surface area contributed by atoms with Crippen molar-refractivity contribution >= 4 is 12.0 Å². The number of amides is 1. The van der Waals surface area contributed by atoms with Crippen LogP contribution in [0, 0.1) is 13.8 Å². The van der Waals surface area contributed by atoms with E-state index in [0.717, 1.165) is 0 Å². The van der Waals surface area contributed by atoms with Crippen LogP contribution in [-0.4, -0.2) is 23.2 Å². The molecule has 0 aliphatic carbocycles. The first-order valence-corrected chi connectivity index (χ1v) is 4.64. The second-order valence-corrected chi connectivity index (χ2v) is 3.20. The highest BCUT2D eigenvalue weighted by atomic mass is 16.5. The van der Waals surface area contributed by atoms with Gasteiger partial charge in [-0.15, -0.1) is 0 Å². The second kappa shape index (κ2) is 4.16. The number of ether oxygens (including phenoxy) is 1. The Morgan fingerprint density at radius 3 is 2.47 bits per heavy atom. The maximum atomic E-state index is 11.5. The highest BCUT2D eigenvalue weighted by molar-refractivity contribution is 5.94. The van der Waals surface area contributed by atoms with E-state index in [1.807, 2.05) is 0 Å². The van der Waals surface area contributed by atoms with Crippen molar-refractivity contribution in [3.63, 3.8) is 0 Å². The first-order chi connectivity index (χ1) is 6.99. The van der Waals surface area contributed by atoms with E-state index >= 15 is 0 Å². The van der Waals surface area contributed by atoms with Crippen LogP contribution in [0.15, 0.2) is 6.20 Å². The number of carbonyl (C=O) groups is 2. The van der Waals surface area contributed by atoms with Crippen LogP contribution in [0.25, 0.3) is 0 Å². The molecular weight excluding hydrogens is 196 g/mol. The molecule has 0 bridgehead atoms. The monoisotopic (exact) mass is 210 g/mol. The molecule has 82 valence electrons. The van der Waals surface area contributed by atoms with Crippen LogP contribution < -0.4 is 5.73 Å². The standard InChI is InChI=1S/C10H14N2O3/c1-4-15-9(13)8-6(2)5-12(7(8)3)10(11)14/h5H,4H2,1-3H3,(H2,11,14). The van der Waals surface area contributed by atoms with Gasteiger partial charge in [0.05, 0.1) is 12.2 Å². The zero-order valence-electron chi connectivity index (χ0n) is 9.03. The minimum atomic E-state index is -0.605. The lowest BCUT2D eigenvalue weighted by atomic mass is 10.2. The van der Waals surface area contributed by atoms with Gasteiger partial charge < -0.3 is 10.5 Å². The van der Waals surface area contributed by atoms with E-state index < -0.39 is 12.0 Å². The van der Waals surface area contributed by atoms with Crippen LogP contribution in [0.2, 0.25) is 0 Å². The van der Waals surface area contributed by atoms with Gasteiger partial charge in [0.2, 0.25) is 0 Å². The fraction of sp³-hybridized carbons (Fsp3) is 0.400. The normalized spacial score (nSPS) is 10.1. The van der Waals surface area contributed by atoms with Crippen LogP contribution in [0.3, 0.4) is 0 Å². The minimum Gasteiger partial charge on any atom is -0.462 e. The Morgan fingerprint density at radius 2 is 2.07 bits per heavy atom. The van der Waals surface area contributed by atoms with E-state index in [2.05, 4.69) is 0 Å². The molecule has 5 nitrogen and oxygen atoms in total. The molecule has 1 aromatic heterocycles. The van der Waals surface area contributed by atoms with Gasteiger partial charge in [0, 0.05) is 11.9 Å². The molecule has 0 fully saturated rings. The molecular formula is C10H14N2O3. The van der Waals surface area contributed by atoms with Gasteiger partial charge in [0.25, 0.3) is 0 Å². The molecule has 0 atom stereocenters. The molecule has 2 N–H and O–H groups in total. The third kappa shape index (κ3) is 2.01. The Balaban J connectivity index is 3.19. The first-order valence-electron chi connectivity index (χ1n) is 4.64. The highest BCUT2D eigenvalue weighted by Gasteiger charge is 2.19. The molecule has 1 heterocycles. The molecule has 1 rings (SSSR count). The number of nitrogens with zero attached hydrogens (tertiary/aromatic N) is 1. The van der Waals surface area contributed by atoms with Crippen molar-refractivity contribution in [1.29, 1.82) is 0 Å². The van der Waals surface area contributed by atoms with Crippen molar-refractivity contribution in [1.82, 2.24) is 4.57 Å². The summed E-state index contributed by atoms with van der Waals surface area (Å²) in [4.78, 5) is 22.5. The van der Waals surface area contributed by atoms with Crippen LogP contribution in [-0.2, 0) is 4.74 Å². The van der Waals surface area contributed by atoms with Crippen molar-refractivity contribution in [2.24, 2.45) is 5.73 Å². The Morgan fingerprint density at radius 1 is 1.47 bits per heavy atom. The SMILES string of the molecule is CCOC(=O)c1c(C)cn(C(N)=O)c1C. The maximum Gasteiger partial charge on any atom is 0.340 e. The lowest BCUT2D eigenvalue weighted by Crippen LogP contribution is -2.20. The summed E-state index contributed by atoms with van der Waals surface area (Å²) in [6.07, 6.45) is 1.53. The molecule has 0 unspecified atom stereocenters. The Bertz CT molecular complexity index is 407. The maximum absolute atomic E-state index is 11.5. The second-order valence-electron chi connectivity index (χ2n) is 3.20. The molecule has 0 radical (unpaired) electrons. The summed E-state index contributed by atoms with van der Waals surface area (Å²) in [5.74, 6) is -0.424. The molecule has 0 aromatic carbocycles. The predicted octanol–water partition coefficient (Wildman–Crippen LogP) is 1.21. The molecule has 0 saturated heterocycles. The number of aryl methyl sites for hydroxylation is 1. The summed E-state index contributed by atoms with van der Waals surface area (Å²) in [5.41, 5.74) is 6.75. The number of nitrogens with two attached hydrogens (primary N) is 1. The first kappa shape index (κ1) is 11.3. The Hall–Kier alpha value is -1.78. The largest absolute Gasteiger partial charge is 0.462 e. The molecule has 1 aromatic rings. The number of primary amides is 1. The third-order valence-corrected chi connectivity index (χ3v) is 2.16. The fourth-order valence-corrected chi connectivity index (χ4v) is 1.50. The zero-order chi connectivity index (χ0) is 11.6. The van der Waals surface area contributed by atoms with Crippen LogP contribution in [0.4, 0.5) is 4.79 Å². The smallest absolute Gasteiger partial charge is 0.340 e. The zero-order valence-corrected chi connectivity index (χ0v) is 9.03. The van der Waals surface area contributed by atoms with Gasteiger partial charge in [0.1, 0.15) is 0 Å². The van der Waals surface area contributed by atoms with Crippen molar-refractivity contribution < 1.29 is 14.3 Å². The lowest BCUT2D eigenvalue weighted by molar-refractivity contribution is 0.0525. The lowest BCUT2D eigenvalue weighted by Gasteiger charge is -2.03. The van der Waals surface area contributed by atoms with E-state index in [1.54, 1.807) is 20.8 Å². The quantitative estimate of drug-likeness (QED) is 0.745. The summed E-state index contributed by atoms with van der Waals surface area (Å²) in [5, 5.41) is 0. The molecule has 0 saturated carbocycles.